The molecule has 8 heterocycles. The summed E-state index contributed by atoms with van der Waals surface area (Å²) in [6, 6.07) is 97.1. The summed E-state index contributed by atoms with van der Waals surface area (Å²) in [7, 11) is 0. The summed E-state index contributed by atoms with van der Waals surface area (Å²) >= 11 is 0. The molecule has 16 aromatic rings. The summed E-state index contributed by atoms with van der Waals surface area (Å²) in [5, 5.41) is 9.76. The second kappa shape index (κ2) is 32.2. The van der Waals surface area contributed by atoms with Crippen LogP contribution < -0.4 is 39.2 Å². The van der Waals surface area contributed by atoms with Crippen LogP contribution in [0.2, 0.25) is 0 Å². The predicted octanol–water partition coefficient (Wildman–Crippen LogP) is 28.1. The van der Waals surface area contributed by atoms with E-state index in [0.29, 0.717) is 11.8 Å². The van der Waals surface area contributed by atoms with Gasteiger partial charge in [0.15, 0.2) is 0 Å². The molecular weight excluding hydrogens is 1440 g/mol. The Bertz CT molecular complexity index is 6430. The van der Waals surface area contributed by atoms with Crippen molar-refractivity contribution in [3.05, 3.63) is 344 Å². The van der Waals surface area contributed by atoms with Crippen LogP contribution in [-0.4, -0.2) is 50.6 Å². The van der Waals surface area contributed by atoms with Crippen molar-refractivity contribution in [1.82, 2.24) is 19.9 Å². The smallest absolute Gasteiger partial charge is 0.108 e. The second-order valence-corrected chi connectivity index (χ2v) is 32.7. The summed E-state index contributed by atoms with van der Waals surface area (Å²) in [5.74, 6) is 0.887. The van der Waals surface area contributed by atoms with Crippen LogP contribution in [0.3, 0.4) is 0 Å². The molecule has 4 aromatic heterocycles. The molecule has 4 aliphatic heterocycles. The molecule has 21 rings (SSSR count). The molecule has 0 amide bonds. The highest BCUT2D eigenvalue weighted by molar-refractivity contribution is 6.00. The maximum atomic E-state index is 9.31. The Kier molecular flexibility index (Phi) is 20.5. The molecule has 588 valence electrons. The molecule has 5 aliphatic rings. The number of anilines is 15. The lowest BCUT2D eigenvalue weighted by Crippen LogP contribution is -2.45. The number of hydrogen-bond acceptors (Lipinski definition) is 12. The third-order valence-electron chi connectivity index (χ3n) is 25.2. The van der Waals surface area contributed by atoms with Crippen LogP contribution in [0.25, 0.3) is 54.1 Å². The van der Waals surface area contributed by atoms with Gasteiger partial charge in [0.1, 0.15) is 24.7 Å². The Hall–Kier alpha value is -13.1. The maximum Gasteiger partial charge on any atom is 0.108 e. The van der Waals surface area contributed by atoms with Gasteiger partial charge in [0.05, 0.1) is 63.6 Å². The minimum absolute atomic E-state index is 0.117. The Balaban J connectivity index is 0.000000109. The van der Waals surface area contributed by atoms with E-state index >= 15 is 0 Å². The van der Waals surface area contributed by atoms with Gasteiger partial charge in [-0.3, -0.25) is 19.9 Å². The van der Waals surface area contributed by atoms with E-state index in [2.05, 4.69) is 398 Å². The average Bonchev–Trinajstić information content (AvgIpc) is 1.59. The van der Waals surface area contributed by atoms with Crippen molar-refractivity contribution in [2.45, 2.75) is 158 Å². The molecule has 0 saturated heterocycles. The summed E-state index contributed by atoms with van der Waals surface area (Å²) in [6.45, 7) is 27.1. The van der Waals surface area contributed by atoms with Gasteiger partial charge in [-0.25, -0.2) is 0 Å². The normalized spacial score (nSPS) is 17.2. The first-order valence-electron chi connectivity index (χ1n) is 42.7. The molecule has 12 heteroatoms. The van der Waals surface area contributed by atoms with Gasteiger partial charge < -0.3 is 39.2 Å². The Morgan fingerprint density at radius 2 is 0.754 bits per heavy atom. The molecule has 1 saturated carbocycles. The van der Waals surface area contributed by atoms with Crippen molar-refractivity contribution >= 4 is 139 Å². The van der Waals surface area contributed by atoms with Crippen LogP contribution in [0.15, 0.2) is 310 Å². The molecule has 118 heavy (non-hydrogen) atoms. The van der Waals surface area contributed by atoms with Gasteiger partial charge in [-0.15, -0.1) is 0 Å². The number of nitrogens with zero attached hydrogens (tertiary/aromatic N) is 12. The van der Waals surface area contributed by atoms with Crippen LogP contribution in [0.1, 0.15) is 134 Å². The van der Waals surface area contributed by atoms with Crippen LogP contribution in [-0.2, 0) is 0 Å². The van der Waals surface area contributed by atoms with Crippen molar-refractivity contribution in [1.29, 1.82) is 0 Å². The number of aromatic nitrogens is 4. The van der Waals surface area contributed by atoms with E-state index in [1.165, 1.54) is 168 Å². The molecule has 0 spiro atoms. The molecule has 0 N–H and O–H groups in total. The fourth-order valence-corrected chi connectivity index (χ4v) is 19.5. The minimum atomic E-state index is -0.517. The zero-order valence-corrected chi connectivity index (χ0v) is 69.8. The zero-order valence-electron chi connectivity index (χ0n) is 70.8. The van der Waals surface area contributed by atoms with E-state index in [0.717, 1.165) is 36.7 Å². The van der Waals surface area contributed by atoms with Crippen LogP contribution >= 0.6 is 0 Å². The molecule has 4 atom stereocenters. The number of pyridine rings is 4. The molecule has 12 nitrogen and oxygen atoms in total. The summed E-state index contributed by atoms with van der Waals surface area (Å²) in [4.78, 5) is 37.4. The third kappa shape index (κ3) is 13.6. The summed E-state index contributed by atoms with van der Waals surface area (Å²) in [6.07, 6.45) is 17.4. The number of benzene rings is 12. The summed E-state index contributed by atoms with van der Waals surface area (Å²) in [5.41, 5.74) is 28.5. The minimum Gasteiger partial charge on any atom is -0.346 e. The van der Waals surface area contributed by atoms with Crippen LogP contribution in [0.4, 0.5) is 85.3 Å². The Morgan fingerprint density at radius 3 is 1.38 bits per heavy atom. The summed E-state index contributed by atoms with van der Waals surface area (Å²) < 4.78 is 9.31. The highest BCUT2D eigenvalue weighted by atomic mass is 15.4. The largest absolute Gasteiger partial charge is 0.346 e. The van der Waals surface area contributed by atoms with Crippen molar-refractivity contribution in [2.24, 2.45) is 0 Å². The lowest BCUT2D eigenvalue weighted by Gasteiger charge is -2.38. The lowest BCUT2D eigenvalue weighted by atomic mass is 9.91. The van der Waals surface area contributed by atoms with Crippen LogP contribution in [0.5, 0.6) is 0 Å². The topological polar surface area (TPSA) is 77.5 Å². The van der Waals surface area contributed by atoms with Gasteiger partial charge >= 0.3 is 0 Å². The SMILES string of the molecule is Cc1c(N2c3ccccc3N(c3c(C(C)C)cccc3C(C)C)[C@@H]2C)ccc2cccnc12.Cc1c(N2c3ccccc3N(c3ccc4ccccc4c3)[C@@H]2C)ccc2ccncc12.Cc1c(N2c3ccccc3N(c3ccccc3)[C@@H]2C)ccc2ncccc12.[2H]C1(N2c3ccccc3N(c3ccc4cnccc4c3C)[C@H]2C)CCCCC1. The molecule has 0 bridgehead atoms. The first-order chi connectivity index (χ1) is 58.0. The first-order valence-corrected chi connectivity index (χ1v) is 42.2. The zero-order chi connectivity index (χ0) is 81.9. The Morgan fingerprint density at radius 1 is 0.305 bits per heavy atom. The standard InChI is InChI=1S/C30H33N3.C28H23N3.C24H21N3.C24H27N3/c1-19(2)24-12-9-13-25(20(3)4)30(24)33-22(6)32(27-14-7-8-15-28(27)33)26-17-16-23-11-10-18-31-29(23)21(26)5;1-19-25-18-29-16-15-22(25)12-14-26(19)31-20(2)30(27-9-5-6-10-28(27)31)24-13-11-21-7-3-4-8-23(21)17-24;1-17-20-11-8-16-25-21(20)14-15-22(17)27-18(2)26(19-9-4-3-5-10-19)23-12-6-7-13-24(23)27;1-17-21-14-15-25-16-19(21)12-13-22(17)27-18(2)26(20-8-4-3-5-9-20)23-10-6-7-11-24(23)27/h7-20,22H,1-6H3;3-18,20H,1-2H3;3-16,18H,1-2H3;6-7,10-16,18,20H,3-5,8-9H2,1-2H3/t22-;20-;2*18-/m1000/s1/i;;;20D. The number of fused-ring (bicyclic) bond motifs is 9. The average molecular weight is 1550 g/mol. The number of aryl methyl sites for hydroxylation is 4. The van der Waals surface area contributed by atoms with Gasteiger partial charge in [0.25, 0.3) is 0 Å². The van der Waals surface area contributed by atoms with E-state index in [4.69, 9.17) is 4.98 Å². The van der Waals surface area contributed by atoms with E-state index in [-0.39, 0.29) is 24.7 Å². The van der Waals surface area contributed by atoms with Crippen molar-refractivity contribution in [3.63, 3.8) is 0 Å². The molecule has 0 unspecified atom stereocenters. The van der Waals surface area contributed by atoms with Gasteiger partial charge in [0.2, 0.25) is 0 Å². The fraction of sp³-hybridized carbons (Fsp3) is 0.226. The van der Waals surface area contributed by atoms with Crippen molar-refractivity contribution < 1.29 is 1.37 Å². The number of hydrogen-bond donors (Lipinski definition) is 0. The Labute approximate surface area is 697 Å². The molecular formula is C106H104N12. The van der Waals surface area contributed by atoms with Crippen molar-refractivity contribution in [3.8, 4) is 0 Å². The van der Waals surface area contributed by atoms with E-state index < -0.39 is 6.02 Å². The molecule has 1 fully saturated rings. The van der Waals surface area contributed by atoms with E-state index in [1.54, 1.807) is 0 Å². The first kappa shape index (κ1) is 75.0. The van der Waals surface area contributed by atoms with E-state index in [1.807, 2.05) is 49.3 Å². The second-order valence-electron chi connectivity index (χ2n) is 32.7. The highest BCUT2D eigenvalue weighted by Gasteiger charge is 2.42. The molecule has 1 aliphatic carbocycles. The van der Waals surface area contributed by atoms with E-state index in [9.17, 15) is 1.37 Å². The van der Waals surface area contributed by atoms with Crippen LogP contribution in [0, 0.1) is 27.7 Å². The van der Waals surface area contributed by atoms with Gasteiger partial charge in [-0.1, -0.05) is 193 Å². The lowest BCUT2D eigenvalue weighted by molar-refractivity contribution is 0.400. The quantitative estimate of drug-likeness (QED) is 0.131. The highest BCUT2D eigenvalue weighted by Crippen LogP contribution is 2.55. The molecule has 0 radical (unpaired) electrons. The molecule has 12 aromatic carbocycles. The monoisotopic (exact) mass is 1550 g/mol. The predicted molar refractivity (Wildman–Crippen MR) is 499 cm³/mol. The van der Waals surface area contributed by atoms with Gasteiger partial charge in [-0.05, 0) is 262 Å². The number of rotatable bonds is 10. The van der Waals surface area contributed by atoms with Crippen molar-refractivity contribution in [2.75, 3.05) is 39.2 Å². The van der Waals surface area contributed by atoms with Gasteiger partial charge in [0, 0.05) is 98.9 Å². The fourth-order valence-electron chi connectivity index (χ4n) is 19.5. The third-order valence-corrected chi connectivity index (χ3v) is 25.2. The van der Waals surface area contributed by atoms with Gasteiger partial charge in [-0.2, -0.15) is 0 Å². The number of para-hydroxylation sites is 10. The maximum absolute atomic E-state index is 9.31.